The zero-order valence-corrected chi connectivity index (χ0v) is 30.9. The van der Waals surface area contributed by atoms with E-state index in [-0.39, 0.29) is 22.3 Å². The van der Waals surface area contributed by atoms with Crippen molar-refractivity contribution >= 4 is 35.0 Å². The molecule has 0 radical (unpaired) electrons. The third kappa shape index (κ3) is 9.43. The quantitative estimate of drug-likeness (QED) is 0.178. The first-order valence-corrected chi connectivity index (χ1v) is 28.0. The van der Waals surface area contributed by atoms with Crippen LogP contribution in [-0.4, -0.2) is 53.8 Å². The van der Waals surface area contributed by atoms with E-state index in [1.807, 2.05) is 0 Å². The van der Waals surface area contributed by atoms with Gasteiger partial charge >= 0.3 is 228 Å². The van der Waals surface area contributed by atoms with Crippen molar-refractivity contribution in [3.8, 4) is 0 Å². The third-order valence-corrected chi connectivity index (χ3v) is 33.2. The maximum absolute atomic E-state index is 7.17. The molecule has 0 spiro atoms. The average molecular weight is 634 g/mol. The molecule has 0 aliphatic carbocycles. The van der Waals surface area contributed by atoms with Crippen LogP contribution in [0.2, 0.25) is 49.6 Å². The Labute approximate surface area is 226 Å². The fraction of sp³-hybridized carbons (Fsp3) is 0.931. The molecule has 6 heteroatoms. The van der Waals surface area contributed by atoms with Gasteiger partial charge in [-0.1, -0.05) is 0 Å². The van der Waals surface area contributed by atoms with Crippen molar-refractivity contribution in [2.75, 3.05) is 6.61 Å². The van der Waals surface area contributed by atoms with Crippen LogP contribution in [0, 0.1) is 0 Å². The Hall–Kier alpha value is 0.692. The Morgan fingerprint density at radius 3 is 1.54 bits per heavy atom. The molecule has 0 amide bonds. The predicted octanol–water partition coefficient (Wildman–Crippen LogP) is 10.1. The van der Waals surface area contributed by atoms with E-state index in [1.165, 1.54) is 55.6 Å². The molecule has 0 fully saturated rings. The molecule has 0 bridgehead atoms. The van der Waals surface area contributed by atoms with Crippen LogP contribution >= 0.6 is 0 Å². The molecule has 0 unspecified atom stereocenters. The summed E-state index contributed by atoms with van der Waals surface area (Å²) < 4.78 is 26.7. The zero-order valence-electron chi connectivity index (χ0n) is 26.0. The maximum atomic E-state index is 7.17. The third-order valence-electron chi connectivity index (χ3n) is 9.12. The number of rotatable bonds is 14. The Balaban J connectivity index is 3.51. The van der Waals surface area contributed by atoms with Gasteiger partial charge in [-0.25, -0.2) is 0 Å². The summed E-state index contributed by atoms with van der Waals surface area (Å²) in [5.41, 5.74) is 0. The summed E-state index contributed by atoms with van der Waals surface area (Å²) in [6, 6.07) is 0. The standard InChI is InChI=1S/C17H35O3Si2.3C4H9.Sn/c1-16(2,3)21(7,8)19-14-11-12-18-13-15(14)20-22(9,10)17(4,5)6;3*1-3-4-2;/h11,14-15H,13H2,1-10H3;3*1,3-4H2,2H3;/t14-,15-;;;;/m1..../s1. The van der Waals surface area contributed by atoms with Gasteiger partial charge in [0.15, 0.2) is 0 Å². The van der Waals surface area contributed by atoms with Crippen LogP contribution in [0.5, 0.6) is 0 Å². The van der Waals surface area contributed by atoms with Crippen molar-refractivity contribution in [2.24, 2.45) is 0 Å². The van der Waals surface area contributed by atoms with Gasteiger partial charge in [0, 0.05) is 0 Å². The van der Waals surface area contributed by atoms with Crippen LogP contribution < -0.4 is 0 Å². The number of hydrogen-bond donors (Lipinski definition) is 0. The van der Waals surface area contributed by atoms with E-state index in [4.69, 9.17) is 13.6 Å². The molecule has 0 aromatic carbocycles. The molecular weight excluding hydrogens is 571 g/mol. The van der Waals surface area contributed by atoms with Gasteiger partial charge in [0.1, 0.15) is 0 Å². The Kier molecular flexibility index (Phi) is 13.2. The van der Waals surface area contributed by atoms with E-state index >= 15 is 0 Å². The average Bonchev–Trinajstić information content (AvgIpc) is 2.73. The Bertz CT molecular complexity index is 640. The second-order valence-corrected chi connectivity index (χ2v) is 36.7. The summed E-state index contributed by atoms with van der Waals surface area (Å²) >= 11 is -2.66. The number of hydrogen-bond acceptors (Lipinski definition) is 3. The summed E-state index contributed by atoms with van der Waals surface area (Å²) in [5.74, 6) is 0. The van der Waals surface area contributed by atoms with E-state index in [0.717, 1.165) is 0 Å². The fourth-order valence-corrected chi connectivity index (χ4v) is 22.7. The molecule has 35 heavy (non-hydrogen) atoms. The summed E-state index contributed by atoms with van der Waals surface area (Å²) in [6.45, 7) is 31.2. The molecule has 2 atom stereocenters. The van der Waals surface area contributed by atoms with Gasteiger partial charge in [0.25, 0.3) is 0 Å². The summed E-state index contributed by atoms with van der Waals surface area (Å²) in [6.07, 6.45) is 10.4. The molecule has 1 rings (SSSR count). The molecular formula is C29H62O3Si2Sn. The van der Waals surface area contributed by atoms with Crippen molar-refractivity contribution in [2.45, 2.75) is 163 Å². The van der Waals surface area contributed by atoms with Crippen molar-refractivity contribution in [1.29, 1.82) is 0 Å². The van der Waals surface area contributed by atoms with Crippen LogP contribution in [0.15, 0.2) is 9.85 Å². The fourth-order valence-electron chi connectivity index (χ4n) is 4.47. The van der Waals surface area contributed by atoms with E-state index in [9.17, 15) is 0 Å². The van der Waals surface area contributed by atoms with Gasteiger partial charge in [-0.3, -0.25) is 0 Å². The van der Waals surface area contributed by atoms with E-state index in [1.54, 1.807) is 0 Å². The van der Waals surface area contributed by atoms with Crippen LogP contribution in [0.1, 0.15) is 101 Å². The molecule has 0 aromatic heterocycles. The minimum atomic E-state index is -2.66. The van der Waals surface area contributed by atoms with Gasteiger partial charge in [-0.05, 0) is 0 Å². The first-order chi connectivity index (χ1) is 16.0. The molecule has 0 saturated carbocycles. The Morgan fingerprint density at radius 2 is 1.17 bits per heavy atom. The van der Waals surface area contributed by atoms with Crippen LogP contribution in [0.4, 0.5) is 0 Å². The van der Waals surface area contributed by atoms with Crippen molar-refractivity contribution in [3.63, 3.8) is 0 Å². The second kappa shape index (κ2) is 13.7. The molecule has 0 N–H and O–H groups in total. The van der Waals surface area contributed by atoms with Gasteiger partial charge in [0.05, 0.1) is 0 Å². The van der Waals surface area contributed by atoms with Crippen LogP contribution in [0.25, 0.3) is 0 Å². The molecule has 3 nitrogen and oxygen atoms in total. The summed E-state index contributed by atoms with van der Waals surface area (Å²) in [4.78, 5) is 0. The predicted molar refractivity (Wildman–Crippen MR) is 163 cm³/mol. The van der Waals surface area contributed by atoms with Crippen molar-refractivity contribution in [3.05, 3.63) is 9.85 Å². The van der Waals surface area contributed by atoms with Crippen molar-refractivity contribution in [1.82, 2.24) is 0 Å². The Morgan fingerprint density at radius 1 is 0.771 bits per heavy atom. The number of ether oxygens (including phenoxy) is 1. The van der Waals surface area contributed by atoms with E-state index < -0.39 is 35.0 Å². The van der Waals surface area contributed by atoms with Gasteiger partial charge in [-0.15, -0.1) is 0 Å². The van der Waals surface area contributed by atoms with E-state index in [2.05, 4.69) is 94.6 Å². The van der Waals surface area contributed by atoms with Gasteiger partial charge < -0.3 is 0 Å². The van der Waals surface area contributed by atoms with Crippen LogP contribution in [0.3, 0.4) is 0 Å². The SMILES string of the molecule is CCC[CH2][Sn]([CH2]CCC)([CH2]CCC)[C]1=C[C@@H](O[Si](C)(C)C(C)(C)C)[C@H](O[Si](C)(C)C(C)(C)C)CO1. The van der Waals surface area contributed by atoms with Gasteiger partial charge in [0.2, 0.25) is 0 Å². The monoisotopic (exact) mass is 634 g/mol. The second-order valence-electron chi connectivity index (χ2n) is 14.2. The minimum absolute atomic E-state index is 0.00119. The van der Waals surface area contributed by atoms with Crippen LogP contribution in [-0.2, 0) is 13.6 Å². The van der Waals surface area contributed by atoms with E-state index in [0.29, 0.717) is 6.61 Å². The topological polar surface area (TPSA) is 27.7 Å². The molecule has 1 aliphatic rings. The zero-order chi connectivity index (χ0) is 27.1. The van der Waals surface area contributed by atoms with Gasteiger partial charge in [-0.2, -0.15) is 0 Å². The molecule has 208 valence electrons. The van der Waals surface area contributed by atoms with Crippen molar-refractivity contribution < 1.29 is 13.6 Å². The summed E-state index contributed by atoms with van der Waals surface area (Å²) in [5, 5.41) is 0.346. The first-order valence-electron chi connectivity index (χ1n) is 14.7. The normalized spacial score (nSPS) is 20.5. The molecule has 0 saturated heterocycles. The molecule has 1 heterocycles. The number of unbranched alkanes of at least 4 members (excludes halogenated alkanes) is 3. The molecule has 1 aliphatic heterocycles. The molecule has 0 aromatic rings. The first kappa shape index (κ1) is 33.7. The summed E-state index contributed by atoms with van der Waals surface area (Å²) in [7, 11) is -3.90.